The quantitative estimate of drug-likeness (QED) is 0.721. The van der Waals surface area contributed by atoms with Crippen LogP contribution >= 0.6 is 0 Å². The molecule has 0 radical (unpaired) electrons. The molecule has 1 aliphatic heterocycles. The Kier molecular flexibility index (Phi) is 7.77. The highest BCUT2D eigenvalue weighted by Crippen LogP contribution is 2.16. The molecule has 17 heavy (non-hydrogen) atoms. The number of likely N-dealkylation sites (tertiary alicyclic amines) is 1. The number of hydrogen-bond donors (Lipinski definition) is 1. The Morgan fingerprint density at radius 1 is 1.00 bits per heavy atom. The summed E-state index contributed by atoms with van der Waals surface area (Å²) >= 11 is 0. The lowest BCUT2D eigenvalue weighted by atomic mass is 10.1. The molecule has 4 nitrogen and oxygen atoms in total. The molecule has 0 amide bonds. The molecule has 102 valence electrons. The smallest absolute Gasteiger partial charge is 0.158 e. The summed E-state index contributed by atoms with van der Waals surface area (Å²) in [4.78, 5) is 2.52. The van der Waals surface area contributed by atoms with E-state index in [-0.39, 0.29) is 6.29 Å². The van der Waals surface area contributed by atoms with Crippen molar-refractivity contribution in [2.45, 2.75) is 50.9 Å². The molecule has 1 saturated heterocycles. The van der Waals surface area contributed by atoms with Gasteiger partial charge in [0.25, 0.3) is 0 Å². The summed E-state index contributed by atoms with van der Waals surface area (Å²) in [6.45, 7) is 3.02. The lowest BCUT2D eigenvalue weighted by Gasteiger charge is -2.33. The Balaban J connectivity index is 2.45. The van der Waals surface area contributed by atoms with E-state index in [2.05, 4.69) is 4.90 Å². The van der Waals surface area contributed by atoms with E-state index in [0.29, 0.717) is 12.6 Å². The predicted molar refractivity (Wildman–Crippen MR) is 69.9 cm³/mol. The molecule has 0 aromatic rings. The second-order valence-electron chi connectivity index (χ2n) is 4.83. The van der Waals surface area contributed by atoms with Gasteiger partial charge in [0.15, 0.2) is 6.29 Å². The monoisotopic (exact) mass is 244 g/mol. The van der Waals surface area contributed by atoms with Crippen LogP contribution in [0, 0.1) is 0 Å². The van der Waals surface area contributed by atoms with E-state index in [1.165, 1.54) is 45.2 Å². The Hall–Kier alpha value is -0.160. The Bertz CT molecular complexity index is 178. The minimum absolute atomic E-state index is 0.131. The molecule has 1 atom stereocenters. The van der Waals surface area contributed by atoms with Gasteiger partial charge in [0, 0.05) is 33.2 Å². The molecule has 1 aliphatic rings. The number of ether oxygens (including phenoxy) is 2. The van der Waals surface area contributed by atoms with Gasteiger partial charge in [-0.15, -0.1) is 0 Å². The minimum Gasteiger partial charge on any atom is -0.356 e. The van der Waals surface area contributed by atoms with Crippen LogP contribution in [0.1, 0.15) is 38.5 Å². The molecular weight excluding hydrogens is 216 g/mol. The van der Waals surface area contributed by atoms with Crippen molar-refractivity contribution in [2.24, 2.45) is 5.73 Å². The molecular formula is C13H28N2O2. The molecule has 1 fully saturated rings. The molecule has 0 bridgehead atoms. The lowest BCUT2D eigenvalue weighted by Crippen LogP contribution is -2.44. The summed E-state index contributed by atoms with van der Waals surface area (Å²) in [5.74, 6) is 0. The van der Waals surface area contributed by atoms with Crippen LogP contribution in [0.15, 0.2) is 0 Å². The third kappa shape index (κ3) is 5.34. The number of nitrogens with two attached hydrogens (primary N) is 1. The van der Waals surface area contributed by atoms with Gasteiger partial charge in [-0.1, -0.05) is 19.3 Å². The average molecular weight is 244 g/mol. The van der Waals surface area contributed by atoms with Crippen molar-refractivity contribution in [3.8, 4) is 0 Å². The first kappa shape index (κ1) is 14.9. The summed E-state index contributed by atoms with van der Waals surface area (Å²) in [6, 6.07) is 0.387. The topological polar surface area (TPSA) is 47.7 Å². The summed E-state index contributed by atoms with van der Waals surface area (Å²) < 4.78 is 10.5. The Morgan fingerprint density at radius 2 is 1.53 bits per heavy atom. The van der Waals surface area contributed by atoms with Gasteiger partial charge in [0.1, 0.15) is 0 Å². The Labute approximate surface area is 105 Å². The molecule has 0 aliphatic carbocycles. The van der Waals surface area contributed by atoms with Crippen molar-refractivity contribution < 1.29 is 9.47 Å². The van der Waals surface area contributed by atoms with E-state index in [0.717, 1.165) is 6.42 Å². The highest BCUT2D eigenvalue weighted by atomic mass is 16.7. The van der Waals surface area contributed by atoms with Crippen LogP contribution < -0.4 is 5.73 Å². The van der Waals surface area contributed by atoms with E-state index in [1.54, 1.807) is 14.2 Å². The minimum atomic E-state index is -0.131. The first-order chi connectivity index (χ1) is 8.31. The molecule has 0 aromatic heterocycles. The van der Waals surface area contributed by atoms with Gasteiger partial charge in [0.05, 0.1) is 0 Å². The maximum Gasteiger partial charge on any atom is 0.158 e. The molecule has 0 aromatic carbocycles. The van der Waals surface area contributed by atoms with E-state index in [1.807, 2.05) is 0 Å². The second-order valence-corrected chi connectivity index (χ2v) is 4.83. The van der Waals surface area contributed by atoms with Crippen molar-refractivity contribution in [2.75, 3.05) is 33.9 Å². The number of methoxy groups -OCH3 is 2. The molecule has 0 saturated carbocycles. The van der Waals surface area contributed by atoms with Crippen LogP contribution in [0.3, 0.4) is 0 Å². The van der Waals surface area contributed by atoms with E-state index in [9.17, 15) is 0 Å². The largest absolute Gasteiger partial charge is 0.356 e. The fourth-order valence-corrected chi connectivity index (χ4v) is 2.54. The summed E-state index contributed by atoms with van der Waals surface area (Å²) in [7, 11) is 3.38. The number of rotatable bonds is 6. The molecule has 0 spiro atoms. The van der Waals surface area contributed by atoms with Crippen LogP contribution in [-0.4, -0.2) is 51.1 Å². The number of hydrogen-bond acceptors (Lipinski definition) is 4. The van der Waals surface area contributed by atoms with Crippen LogP contribution in [0.25, 0.3) is 0 Å². The van der Waals surface area contributed by atoms with E-state index < -0.39 is 0 Å². The van der Waals surface area contributed by atoms with Gasteiger partial charge < -0.3 is 15.2 Å². The van der Waals surface area contributed by atoms with Crippen molar-refractivity contribution in [3.63, 3.8) is 0 Å². The van der Waals surface area contributed by atoms with Crippen LogP contribution in [0.2, 0.25) is 0 Å². The third-order valence-electron chi connectivity index (χ3n) is 3.67. The lowest BCUT2D eigenvalue weighted by molar-refractivity contribution is -0.116. The van der Waals surface area contributed by atoms with Gasteiger partial charge in [-0.2, -0.15) is 0 Å². The average Bonchev–Trinajstić information content (AvgIpc) is 2.32. The molecule has 2 N–H and O–H groups in total. The first-order valence-corrected chi connectivity index (χ1v) is 6.81. The molecule has 1 unspecified atom stereocenters. The Morgan fingerprint density at radius 3 is 2.00 bits per heavy atom. The van der Waals surface area contributed by atoms with Crippen molar-refractivity contribution >= 4 is 0 Å². The molecule has 1 rings (SSSR count). The number of nitrogens with zero attached hydrogens (tertiary/aromatic N) is 1. The normalized spacial score (nSPS) is 21.2. The maximum absolute atomic E-state index is 5.90. The summed E-state index contributed by atoms with van der Waals surface area (Å²) in [6.07, 6.45) is 7.41. The third-order valence-corrected chi connectivity index (χ3v) is 3.67. The van der Waals surface area contributed by atoms with Crippen molar-refractivity contribution in [3.05, 3.63) is 0 Å². The van der Waals surface area contributed by atoms with Gasteiger partial charge in [-0.3, -0.25) is 4.90 Å². The predicted octanol–water partition coefficient (Wildman–Crippen LogP) is 1.59. The van der Waals surface area contributed by atoms with Gasteiger partial charge in [0.2, 0.25) is 0 Å². The van der Waals surface area contributed by atoms with Crippen LogP contribution in [0.4, 0.5) is 0 Å². The zero-order chi connectivity index (χ0) is 12.5. The molecule has 1 heterocycles. The van der Waals surface area contributed by atoms with Gasteiger partial charge >= 0.3 is 0 Å². The van der Waals surface area contributed by atoms with Crippen molar-refractivity contribution in [1.29, 1.82) is 0 Å². The first-order valence-electron chi connectivity index (χ1n) is 6.81. The molecule has 4 heteroatoms. The zero-order valence-corrected chi connectivity index (χ0v) is 11.4. The highest BCUT2D eigenvalue weighted by molar-refractivity contribution is 4.75. The fraction of sp³-hybridized carbons (Fsp3) is 1.00. The standard InChI is InChI=1S/C13H28N2O2/c1-16-13(17-2)10-12(11-14)15-8-6-4-3-5-7-9-15/h12-13H,3-11,14H2,1-2H3. The zero-order valence-electron chi connectivity index (χ0n) is 11.4. The second kappa shape index (κ2) is 8.86. The fourth-order valence-electron chi connectivity index (χ4n) is 2.54. The highest BCUT2D eigenvalue weighted by Gasteiger charge is 2.21. The summed E-state index contributed by atoms with van der Waals surface area (Å²) in [5.41, 5.74) is 5.90. The van der Waals surface area contributed by atoms with Crippen molar-refractivity contribution in [1.82, 2.24) is 4.90 Å². The van der Waals surface area contributed by atoms with Crippen LogP contribution in [-0.2, 0) is 9.47 Å². The van der Waals surface area contributed by atoms with E-state index >= 15 is 0 Å². The maximum atomic E-state index is 5.90. The van der Waals surface area contributed by atoms with Crippen LogP contribution in [0.5, 0.6) is 0 Å². The van der Waals surface area contributed by atoms with E-state index in [4.69, 9.17) is 15.2 Å². The summed E-state index contributed by atoms with van der Waals surface area (Å²) in [5, 5.41) is 0. The van der Waals surface area contributed by atoms with Gasteiger partial charge in [-0.25, -0.2) is 0 Å². The SMILES string of the molecule is COC(CC(CN)N1CCCCCCC1)OC. The van der Waals surface area contributed by atoms with Gasteiger partial charge in [-0.05, 0) is 25.9 Å².